The largest absolute Gasteiger partial charge is 0.385 e. The molecule has 0 saturated heterocycles. The van der Waals surface area contributed by atoms with Crippen molar-refractivity contribution in [2.45, 2.75) is 31.1 Å². The molecule has 0 bridgehead atoms. The van der Waals surface area contributed by atoms with Gasteiger partial charge in [0.15, 0.2) is 0 Å². The molecule has 96 valence electrons. The van der Waals surface area contributed by atoms with E-state index in [1.54, 1.807) is 0 Å². The zero-order valence-corrected chi connectivity index (χ0v) is 11.1. The Bertz CT molecular complexity index is 588. The highest BCUT2D eigenvalue weighted by Gasteiger charge is 2.39. The Labute approximate surface area is 114 Å². The average molecular weight is 249 g/mol. The van der Waals surface area contributed by atoms with Gasteiger partial charge in [0, 0.05) is 12.2 Å². The number of fused-ring (bicyclic) bond motifs is 1. The van der Waals surface area contributed by atoms with E-state index in [-0.39, 0.29) is 0 Å². The van der Waals surface area contributed by atoms with Crippen LogP contribution in [0.4, 0.5) is 5.69 Å². The second-order valence-corrected chi connectivity index (χ2v) is 5.81. The highest BCUT2D eigenvalue weighted by atomic mass is 14.9. The van der Waals surface area contributed by atoms with Gasteiger partial charge in [-0.15, -0.1) is 0 Å². The van der Waals surface area contributed by atoms with Crippen molar-refractivity contribution in [2.75, 3.05) is 11.9 Å². The van der Waals surface area contributed by atoms with Gasteiger partial charge in [-0.05, 0) is 53.9 Å². The summed E-state index contributed by atoms with van der Waals surface area (Å²) in [5.41, 5.74) is 5.91. The van der Waals surface area contributed by atoms with Crippen LogP contribution in [0.5, 0.6) is 0 Å². The summed E-state index contributed by atoms with van der Waals surface area (Å²) in [7, 11) is 0. The van der Waals surface area contributed by atoms with Gasteiger partial charge < -0.3 is 5.32 Å². The molecular formula is C18H19N. The molecule has 1 aliphatic heterocycles. The first-order chi connectivity index (χ1) is 9.42. The predicted molar refractivity (Wildman–Crippen MR) is 79.8 cm³/mol. The van der Waals surface area contributed by atoms with Crippen LogP contribution in [0.25, 0.3) is 0 Å². The minimum absolute atomic E-state index is 0.745. The van der Waals surface area contributed by atoms with Gasteiger partial charge >= 0.3 is 0 Å². The first kappa shape index (κ1) is 11.1. The SMILES string of the molecule is c1ccc(C2CC2c2ccc3c(c2)CCCN3)cc1. The van der Waals surface area contributed by atoms with E-state index in [1.807, 2.05) is 0 Å². The lowest BCUT2D eigenvalue weighted by Gasteiger charge is -2.18. The smallest absolute Gasteiger partial charge is 0.0372 e. The van der Waals surface area contributed by atoms with Crippen LogP contribution in [-0.2, 0) is 6.42 Å². The Kier molecular flexibility index (Phi) is 2.58. The predicted octanol–water partition coefficient (Wildman–Crippen LogP) is 4.32. The third-order valence-corrected chi connectivity index (χ3v) is 4.51. The molecule has 4 rings (SSSR count). The van der Waals surface area contributed by atoms with Crippen molar-refractivity contribution < 1.29 is 0 Å². The van der Waals surface area contributed by atoms with Gasteiger partial charge in [-0.25, -0.2) is 0 Å². The first-order valence-electron chi connectivity index (χ1n) is 7.33. The van der Waals surface area contributed by atoms with Crippen LogP contribution in [0.1, 0.15) is 41.4 Å². The van der Waals surface area contributed by atoms with Crippen molar-refractivity contribution in [3.05, 3.63) is 65.2 Å². The summed E-state index contributed by atoms with van der Waals surface area (Å²) in [6.07, 6.45) is 3.82. The third-order valence-electron chi connectivity index (χ3n) is 4.51. The molecule has 0 radical (unpaired) electrons. The lowest BCUT2D eigenvalue weighted by atomic mass is 9.97. The molecule has 1 nitrogen and oxygen atoms in total. The summed E-state index contributed by atoms with van der Waals surface area (Å²) in [6, 6.07) is 18.0. The van der Waals surface area contributed by atoms with Crippen LogP contribution in [-0.4, -0.2) is 6.54 Å². The fourth-order valence-corrected chi connectivity index (χ4v) is 3.36. The fourth-order valence-electron chi connectivity index (χ4n) is 3.36. The average Bonchev–Trinajstić information content (AvgIpc) is 3.28. The minimum Gasteiger partial charge on any atom is -0.385 e. The number of hydrogen-bond donors (Lipinski definition) is 1. The van der Waals surface area contributed by atoms with Crippen LogP contribution >= 0.6 is 0 Å². The minimum atomic E-state index is 0.745. The highest BCUT2D eigenvalue weighted by molar-refractivity contribution is 5.55. The summed E-state index contributed by atoms with van der Waals surface area (Å²) in [5.74, 6) is 1.49. The molecule has 0 amide bonds. The van der Waals surface area contributed by atoms with Gasteiger partial charge in [-0.2, -0.15) is 0 Å². The second-order valence-electron chi connectivity index (χ2n) is 5.81. The van der Waals surface area contributed by atoms with E-state index < -0.39 is 0 Å². The molecule has 1 aliphatic carbocycles. The molecule has 1 heterocycles. The zero-order valence-electron chi connectivity index (χ0n) is 11.1. The lowest BCUT2D eigenvalue weighted by molar-refractivity contribution is 0.826. The quantitative estimate of drug-likeness (QED) is 0.836. The maximum atomic E-state index is 3.49. The molecule has 2 aromatic rings. The topological polar surface area (TPSA) is 12.0 Å². The number of hydrogen-bond acceptors (Lipinski definition) is 1. The van der Waals surface area contributed by atoms with E-state index in [2.05, 4.69) is 53.8 Å². The fraction of sp³-hybridized carbons (Fsp3) is 0.333. The van der Waals surface area contributed by atoms with E-state index in [9.17, 15) is 0 Å². The number of aryl methyl sites for hydroxylation is 1. The van der Waals surface area contributed by atoms with Crippen molar-refractivity contribution in [3.63, 3.8) is 0 Å². The Morgan fingerprint density at radius 2 is 1.74 bits per heavy atom. The third kappa shape index (κ3) is 2.03. The van der Waals surface area contributed by atoms with E-state index in [0.29, 0.717) is 0 Å². The summed E-state index contributed by atoms with van der Waals surface area (Å²) in [6.45, 7) is 1.13. The van der Waals surface area contributed by atoms with Crippen LogP contribution in [0.2, 0.25) is 0 Å². The van der Waals surface area contributed by atoms with Crippen LogP contribution in [0.15, 0.2) is 48.5 Å². The number of nitrogens with one attached hydrogen (secondary N) is 1. The Hall–Kier alpha value is -1.76. The maximum absolute atomic E-state index is 3.49. The normalized spacial score (nSPS) is 24.4. The van der Waals surface area contributed by atoms with Gasteiger partial charge in [0.05, 0.1) is 0 Å². The van der Waals surface area contributed by atoms with Crippen molar-refractivity contribution in [1.29, 1.82) is 0 Å². The first-order valence-corrected chi connectivity index (χ1v) is 7.33. The molecule has 2 aliphatic rings. The standard InChI is InChI=1S/C18H19N/c1-2-5-13(6-3-1)16-12-17(16)14-8-9-18-15(11-14)7-4-10-19-18/h1-3,5-6,8-9,11,16-17,19H,4,7,10,12H2. The molecule has 1 fully saturated rings. The van der Waals surface area contributed by atoms with Crippen LogP contribution in [0, 0.1) is 0 Å². The summed E-state index contributed by atoms with van der Waals surface area (Å²) in [5, 5.41) is 3.49. The number of benzene rings is 2. The van der Waals surface area contributed by atoms with Crippen molar-refractivity contribution in [1.82, 2.24) is 0 Å². The van der Waals surface area contributed by atoms with Gasteiger partial charge in [0.25, 0.3) is 0 Å². The zero-order chi connectivity index (χ0) is 12.7. The Morgan fingerprint density at radius 3 is 2.63 bits per heavy atom. The summed E-state index contributed by atoms with van der Waals surface area (Å²) in [4.78, 5) is 0. The molecule has 1 N–H and O–H groups in total. The summed E-state index contributed by atoms with van der Waals surface area (Å²) >= 11 is 0. The molecule has 2 aromatic carbocycles. The van der Waals surface area contributed by atoms with Crippen LogP contribution in [0.3, 0.4) is 0 Å². The Morgan fingerprint density at radius 1 is 0.895 bits per heavy atom. The molecule has 0 aromatic heterocycles. The van der Waals surface area contributed by atoms with Gasteiger partial charge in [0.2, 0.25) is 0 Å². The van der Waals surface area contributed by atoms with Gasteiger partial charge in [-0.1, -0.05) is 42.5 Å². The number of rotatable bonds is 2. The molecule has 2 atom stereocenters. The van der Waals surface area contributed by atoms with E-state index in [0.717, 1.165) is 18.4 Å². The van der Waals surface area contributed by atoms with Crippen molar-refractivity contribution in [2.24, 2.45) is 0 Å². The van der Waals surface area contributed by atoms with Crippen molar-refractivity contribution >= 4 is 5.69 Å². The van der Waals surface area contributed by atoms with Gasteiger partial charge in [0.1, 0.15) is 0 Å². The molecule has 19 heavy (non-hydrogen) atoms. The van der Waals surface area contributed by atoms with E-state index in [4.69, 9.17) is 0 Å². The van der Waals surface area contributed by atoms with E-state index in [1.165, 1.54) is 41.6 Å². The van der Waals surface area contributed by atoms with Crippen molar-refractivity contribution in [3.8, 4) is 0 Å². The van der Waals surface area contributed by atoms with Crippen LogP contribution < -0.4 is 5.32 Å². The Balaban J connectivity index is 1.58. The number of anilines is 1. The second kappa shape index (κ2) is 4.41. The summed E-state index contributed by atoms with van der Waals surface area (Å²) < 4.78 is 0. The lowest BCUT2D eigenvalue weighted by Crippen LogP contribution is -2.11. The molecular weight excluding hydrogens is 230 g/mol. The molecule has 0 spiro atoms. The van der Waals surface area contributed by atoms with E-state index >= 15 is 0 Å². The molecule has 2 unspecified atom stereocenters. The maximum Gasteiger partial charge on any atom is 0.0372 e. The highest BCUT2D eigenvalue weighted by Crippen LogP contribution is 2.54. The molecule has 1 heteroatoms. The monoisotopic (exact) mass is 249 g/mol. The van der Waals surface area contributed by atoms with Gasteiger partial charge in [-0.3, -0.25) is 0 Å². The molecule has 1 saturated carbocycles.